The van der Waals surface area contributed by atoms with Crippen molar-refractivity contribution >= 4 is 21.5 Å². The number of alkyl halides is 3. The molecular formula is C11H12F3NO4S. The highest BCUT2D eigenvalue weighted by Crippen LogP contribution is 2.30. The van der Waals surface area contributed by atoms with Gasteiger partial charge in [-0.25, -0.2) is 8.42 Å². The Morgan fingerprint density at radius 3 is 2.20 bits per heavy atom. The molecule has 1 aromatic carbocycles. The van der Waals surface area contributed by atoms with Crippen molar-refractivity contribution in [1.29, 1.82) is 0 Å². The third-order valence-corrected chi connectivity index (χ3v) is 3.87. The van der Waals surface area contributed by atoms with Gasteiger partial charge in [-0.05, 0) is 31.2 Å². The van der Waals surface area contributed by atoms with E-state index in [-0.39, 0.29) is 6.42 Å². The van der Waals surface area contributed by atoms with E-state index in [0.29, 0.717) is 5.69 Å². The summed E-state index contributed by atoms with van der Waals surface area (Å²) in [5.41, 5.74) is -5.02. The van der Waals surface area contributed by atoms with Crippen LogP contribution in [0.3, 0.4) is 0 Å². The molecule has 1 aromatic rings. The van der Waals surface area contributed by atoms with E-state index in [1.165, 1.54) is 0 Å². The predicted octanol–water partition coefficient (Wildman–Crippen LogP) is 2.26. The fraction of sp³-hybridized carbons (Fsp3) is 0.364. The summed E-state index contributed by atoms with van der Waals surface area (Å²) >= 11 is 0. The average molecular weight is 311 g/mol. The van der Waals surface area contributed by atoms with Crippen molar-refractivity contribution in [1.82, 2.24) is 0 Å². The van der Waals surface area contributed by atoms with Crippen LogP contribution in [0.1, 0.15) is 13.3 Å². The van der Waals surface area contributed by atoms with Crippen molar-refractivity contribution in [2.24, 2.45) is 0 Å². The van der Waals surface area contributed by atoms with Gasteiger partial charge >= 0.3 is 11.5 Å². The molecule has 112 valence electrons. The SMILES string of the molecule is CC(CC(=O)O)Nc1ccc(S(=O)(=O)C(F)(F)F)cc1. The highest BCUT2D eigenvalue weighted by Gasteiger charge is 2.46. The second-order valence-corrected chi connectivity index (χ2v) is 6.06. The molecule has 0 bridgehead atoms. The fourth-order valence-electron chi connectivity index (χ4n) is 1.46. The molecule has 1 rings (SSSR count). The van der Waals surface area contributed by atoms with Crippen LogP contribution in [0, 0.1) is 0 Å². The Bertz CT molecular complexity index is 581. The first kappa shape index (κ1) is 16.3. The lowest BCUT2D eigenvalue weighted by atomic mass is 10.2. The van der Waals surface area contributed by atoms with Crippen molar-refractivity contribution in [2.75, 3.05) is 5.32 Å². The molecule has 0 radical (unpaired) electrons. The van der Waals surface area contributed by atoms with Crippen LogP contribution in [0.25, 0.3) is 0 Å². The van der Waals surface area contributed by atoms with Gasteiger partial charge in [-0.15, -0.1) is 0 Å². The molecule has 0 aliphatic carbocycles. The van der Waals surface area contributed by atoms with E-state index in [9.17, 15) is 26.4 Å². The molecular weight excluding hydrogens is 299 g/mol. The number of hydrogen-bond donors (Lipinski definition) is 2. The lowest BCUT2D eigenvalue weighted by Gasteiger charge is -2.14. The van der Waals surface area contributed by atoms with Crippen molar-refractivity contribution in [3.05, 3.63) is 24.3 Å². The summed E-state index contributed by atoms with van der Waals surface area (Å²) in [5, 5.41) is 11.3. The third kappa shape index (κ3) is 3.86. The number of halogens is 3. The van der Waals surface area contributed by atoms with Crippen LogP contribution in [0.4, 0.5) is 18.9 Å². The second kappa shape index (κ2) is 5.70. The number of rotatable bonds is 5. The van der Waals surface area contributed by atoms with Crippen LogP contribution >= 0.6 is 0 Å². The van der Waals surface area contributed by atoms with Crippen LogP contribution in [-0.4, -0.2) is 31.0 Å². The van der Waals surface area contributed by atoms with Gasteiger partial charge in [-0.2, -0.15) is 13.2 Å². The second-order valence-electron chi connectivity index (χ2n) is 4.12. The van der Waals surface area contributed by atoms with Crippen molar-refractivity contribution in [3.8, 4) is 0 Å². The van der Waals surface area contributed by atoms with Gasteiger partial charge in [-0.1, -0.05) is 0 Å². The van der Waals surface area contributed by atoms with Gasteiger partial charge < -0.3 is 10.4 Å². The Hall–Kier alpha value is -1.77. The zero-order chi connectivity index (χ0) is 15.6. The highest BCUT2D eigenvalue weighted by atomic mass is 32.2. The number of anilines is 1. The molecule has 0 aliphatic heterocycles. The predicted molar refractivity (Wildman–Crippen MR) is 65.0 cm³/mol. The monoisotopic (exact) mass is 311 g/mol. The van der Waals surface area contributed by atoms with Crippen LogP contribution in [-0.2, 0) is 14.6 Å². The normalized spacial score (nSPS) is 13.8. The van der Waals surface area contributed by atoms with E-state index >= 15 is 0 Å². The first-order chi connectivity index (χ1) is 9.04. The maximum atomic E-state index is 12.3. The zero-order valence-corrected chi connectivity index (χ0v) is 11.1. The van der Waals surface area contributed by atoms with E-state index in [0.717, 1.165) is 24.3 Å². The number of carboxylic acids is 1. The molecule has 20 heavy (non-hydrogen) atoms. The maximum absolute atomic E-state index is 12.3. The lowest BCUT2D eigenvalue weighted by molar-refractivity contribution is -0.137. The minimum Gasteiger partial charge on any atom is -0.481 e. The number of nitrogens with one attached hydrogen (secondary N) is 1. The average Bonchev–Trinajstić information content (AvgIpc) is 2.26. The van der Waals surface area contributed by atoms with E-state index in [2.05, 4.69) is 5.32 Å². The Morgan fingerprint density at radius 2 is 1.80 bits per heavy atom. The maximum Gasteiger partial charge on any atom is 0.501 e. The summed E-state index contributed by atoms with van der Waals surface area (Å²) in [5.74, 6) is -1.03. The summed E-state index contributed by atoms with van der Waals surface area (Å²) in [7, 11) is -5.36. The third-order valence-electron chi connectivity index (χ3n) is 2.36. The Kier molecular flexibility index (Phi) is 4.64. The van der Waals surface area contributed by atoms with Crippen LogP contribution in [0.5, 0.6) is 0 Å². The Balaban J connectivity index is 2.88. The van der Waals surface area contributed by atoms with E-state index in [1.807, 2.05) is 0 Å². The van der Waals surface area contributed by atoms with Crippen LogP contribution in [0.15, 0.2) is 29.2 Å². The van der Waals surface area contributed by atoms with E-state index < -0.39 is 32.3 Å². The topological polar surface area (TPSA) is 83.5 Å². The molecule has 5 nitrogen and oxygen atoms in total. The minimum absolute atomic E-state index is 0.178. The van der Waals surface area contributed by atoms with Gasteiger partial charge in [0.1, 0.15) is 0 Å². The van der Waals surface area contributed by atoms with Gasteiger partial charge in [0.15, 0.2) is 0 Å². The summed E-state index contributed by atoms with van der Waals surface area (Å²) in [6, 6.07) is 3.49. The first-order valence-corrected chi connectivity index (χ1v) is 6.92. The smallest absolute Gasteiger partial charge is 0.481 e. The molecule has 0 saturated carbocycles. The molecule has 0 heterocycles. The summed E-state index contributed by atoms with van der Waals surface area (Å²) in [6.07, 6.45) is -0.178. The molecule has 0 spiro atoms. The van der Waals surface area contributed by atoms with Gasteiger partial charge in [-0.3, -0.25) is 4.79 Å². The van der Waals surface area contributed by atoms with Crippen molar-refractivity contribution < 1.29 is 31.5 Å². The number of sulfone groups is 1. The zero-order valence-electron chi connectivity index (χ0n) is 10.3. The largest absolute Gasteiger partial charge is 0.501 e. The molecule has 0 aliphatic rings. The van der Waals surface area contributed by atoms with Gasteiger partial charge in [0, 0.05) is 11.7 Å². The van der Waals surface area contributed by atoms with Crippen molar-refractivity contribution in [3.63, 3.8) is 0 Å². The lowest BCUT2D eigenvalue weighted by Crippen LogP contribution is -2.23. The van der Waals surface area contributed by atoms with Crippen molar-refractivity contribution in [2.45, 2.75) is 29.8 Å². The molecule has 0 aromatic heterocycles. The number of carboxylic acid groups (broad SMARTS) is 1. The van der Waals surface area contributed by atoms with Crippen LogP contribution in [0.2, 0.25) is 0 Å². The number of hydrogen-bond acceptors (Lipinski definition) is 4. The van der Waals surface area contributed by atoms with Gasteiger partial charge in [0.25, 0.3) is 9.84 Å². The molecule has 0 fully saturated rings. The summed E-state index contributed by atoms with van der Waals surface area (Å²) in [4.78, 5) is 9.59. The molecule has 0 saturated heterocycles. The van der Waals surface area contributed by atoms with E-state index in [1.54, 1.807) is 6.92 Å². The van der Waals surface area contributed by atoms with E-state index in [4.69, 9.17) is 5.11 Å². The molecule has 2 N–H and O–H groups in total. The summed E-state index contributed by atoms with van der Waals surface area (Å²) < 4.78 is 59.1. The molecule has 0 amide bonds. The number of benzene rings is 1. The van der Waals surface area contributed by atoms with Gasteiger partial charge in [0.05, 0.1) is 11.3 Å². The first-order valence-electron chi connectivity index (χ1n) is 5.44. The standard InChI is InChI=1S/C11H12F3NO4S/c1-7(6-10(16)17)15-8-2-4-9(5-3-8)20(18,19)11(12,13)14/h2-5,7,15H,6H2,1H3,(H,16,17). The highest BCUT2D eigenvalue weighted by molar-refractivity contribution is 7.92. The summed E-state index contributed by atoms with van der Waals surface area (Å²) in [6.45, 7) is 1.58. The molecule has 9 heteroatoms. The quantitative estimate of drug-likeness (QED) is 0.871. The number of aliphatic carboxylic acids is 1. The van der Waals surface area contributed by atoms with Crippen LogP contribution < -0.4 is 5.32 Å². The molecule has 1 unspecified atom stereocenters. The Labute approximate surface area is 113 Å². The number of carbonyl (C=O) groups is 1. The van der Waals surface area contributed by atoms with Gasteiger partial charge in [0.2, 0.25) is 0 Å². The molecule has 1 atom stereocenters. The fourth-order valence-corrected chi connectivity index (χ4v) is 2.22. The Morgan fingerprint density at radius 1 is 1.30 bits per heavy atom. The minimum atomic E-state index is -5.36.